The minimum Gasteiger partial charge on any atom is -0.465 e. The van der Waals surface area contributed by atoms with Gasteiger partial charge in [0.1, 0.15) is 0 Å². The molecule has 6 heteroatoms. The van der Waals surface area contributed by atoms with Gasteiger partial charge < -0.3 is 4.74 Å². The van der Waals surface area contributed by atoms with Gasteiger partial charge in [0.25, 0.3) is 10.0 Å². The summed E-state index contributed by atoms with van der Waals surface area (Å²) in [5.41, 5.74) is 2.96. The molecule has 2 rings (SSSR count). The topological polar surface area (TPSA) is 72.5 Å². The van der Waals surface area contributed by atoms with Crippen molar-refractivity contribution in [3.05, 3.63) is 58.7 Å². The molecular formula is C17H19NO4S. The molecule has 0 spiro atoms. The Morgan fingerprint density at radius 3 is 2.17 bits per heavy atom. The average molecular weight is 333 g/mol. The van der Waals surface area contributed by atoms with E-state index >= 15 is 0 Å². The van der Waals surface area contributed by atoms with Crippen LogP contribution >= 0.6 is 0 Å². The van der Waals surface area contributed by atoms with Crippen LogP contribution in [-0.4, -0.2) is 21.5 Å². The van der Waals surface area contributed by atoms with E-state index in [9.17, 15) is 13.2 Å². The maximum absolute atomic E-state index is 12.7. The Kier molecular flexibility index (Phi) is 4.75. The molecular weight excluding hydrogens is 314 g/mol. The van der Waals surface area contributed by atoms with E-state index in [0.29, 0.717) is 11.3 Å². The van der Waals surface area contributed by atoms with E-state index in [1.165, 1.54) is 13.2 Å². The van der Waals surface area contributed by atoms with Crippen LogP contribution in [0.5, 0.6) is 0 Å². The molecule has 1 N–H and O–H groups in total. The molecule has 5 nitrogen and oxygen atoms in total. The molecule has 23 heavy (non-hydrogen) atoms. The Balaban J connectivity index is 2.50. The number of benzene rings is 2. The summed E-state index contributed by atoms with van der Waals surface area (Å²) in [4.78, 5) is 11.7. The number of hydrogen-bond donors (Lipinski definition) is 1. The molecule has 0 aromatic heterocycles. The lowest BCUT2D eigenvalue weighted by Gasteiger charge is -2.15. The van der Waals surface area contributed by atoms with E-state index in [4.69, 9.17) is 0 Å². The van der Waals surface area contributed by atoms with Crippen LogP contribution in [0.2, 0.25) is 0 Å². The Hall–Kier alpha value is -2.34. The number of anilines is 1. The molecule has 0 aliphatic rings. The molecule has 0 atom stereocenters. The van der Waals surface area contributed by atoms with E-state index in [1.807, 2.05) is 32.0 Å². The lowest BCUT2D eigenvalue weighted by atomic mass is 10.1. The van der Waals surface area contributed by atoms with E-state index < -0.39 is 16.0 Å². The average Bonchev–Trinajstić information content (AvgIpc) is 2.50. The first-order valence-corrected chi connectivity index (χ1v) is 8.52. The fourth-order valence-corrected chi connectivity index (χ4v) is 3.77. The first kappa shape index (κ1) is 17.0. The van der Waals surface area contributed by atoms with Crippen molar-refractivity contribution < 1.29 is 17.9 Å². The van der Waals surface area contributed by atoms with E-state index in [2.05, 4.69) is 9.46 Å². The van der Waals surface area contributed by atoms with Crippen LogP contribution in [0.4, 0.5) is 5.69 Å². The van der Waals surface area contributed by atoms with Gasteiger partial charge >= 0.3 is 5.97 Å². The molecule has 2 aromatic carbocycles. The Bertz CT molecular complexity index is 837. The van der Waals surface area contributed by atoms with Crippen molar-refractivity contribution in [2.45, 2.75) is 25.7 Å². The third-order valence-corrected chi connectivity index (χ3v) is 5.11. The molecule has 0 bridgehead atoms. The quantitative estimate of drug-likeness (QED) is 0.872. The summed E-state index contributed by atoms with van der Waals surface area (Å²) in [5, 5.41) is 0. The fourth-order valence-electron chi connectivity index (χ4n) is 2.30. The highest BCUT2D eigenvalue weighted by molar-refractivity contribution is 7.92. The first-order chi connectivity index (χ1) is 10.8. The number of carbonyl (C=O) groups is 1. The van der Waals surface area contributed by atoms with Crippen LogP contribution in [0.3, 0.4) is 0 Å². The Morgan fingerprint density at radius 1 is 1.00 bits per heavy atom. The van der Waals surface area contributed by atoms with Crippen LogP contribution in [-0.2, 0) is 14.8 Å². The monoisotopic (exact) mass is 333 g/mol. The number of carbonyl (C=O) groups excluding carboxylic acids is 1. The molecule has 0 aliphatic carbocycles. The molecule has 0 unspecified atom stereocenters. The van der Waals surface area contributed by atoms with Gasteiger partial charge in [-0.1, -0.05) is 24.3 Å². The van der Waals surface area contributed by atoms with E-state index in [-0.39, 0.29) is 10.5 Å². The van der Waals surface area contributed by atoms with Crippen LogP contribution in [0.1, 0.15) is 27.0 Å². The summed E-state index contributed by atoms with van der Waals surface area (Å²) in [6.45, 7) is 5.35. The Morgan fingerprint density at radius 2 is 1.61 bits per heavy atom. The van der Waals surface area contributed by atoms with Crippen molar-refractivity contribution in [3.8, 4) is 0 Å². The number of rotatable bonds is 4. The molecule has 0 amide bonds. The maximum Gasteiger partial charge on any atom is 0.337 e. The summed E-state index contributed by atoms with van der Waals surface area (Å²) in [5.74, 6) is -0.575. The lowest BCUT2D eigenvalue weighted by Crippen LogP contribution is -2.17. The maximum atomic E-state index is 12.7. The number of para-hydroxylation sites is 1. The minimum absolute atomic E-state index is 0.0584. The van der Waals surface area contributed by atoms with Crippen molar-refractivity contribution >= 4 is 21.7 Å². The van der Waals surface area contributed by atoms with Crippen LogP contribution in [0.25, 0.3) is 0 Å². The number of esters is 1. The van der Waals surface area contributed by atoms with Crippen LogP contribution in [0.15, 0.2) is 41.3 Å². The molecule has 122 valence electrons. The molecule has 0 saturated carbocycles. The van der Waals surface area contributed by atoms with Gasteiger partial charge in [0.2, 0.25) is 0 Å². The summed E-state index contributed by atoms with van der Waals surface area (Å²) in [6, 6.07) is 10.00. The molecule has 0 saturated heterocycles. The van der Waals surface area contributed by atoms with Crippen molar-refractivity contribution in [1.82, 2.24) is 0 Å². The summed E-state index contributed by atoms with van der Waals surface area (Å²) < 4.78 is 32.7. The Labute approximate surface area is 136 Å². The van der Waals surface area contributed by atoms with Gasteiger partial charge in [-0.25, -0.2) is 13.2 Å². The minimum atomic E-state index is -3.81. The van der Waals surface area contributed by atoms with Gasteiger partial charge in [-0.05, 0) is 49.6 Å². The SMILES string of the molecule is COC(=O)c1ccc(C)c(S(=O)(=O)Nc2c(C)cccc2C)c1. The highest BCUT2D eigenvalue weighted by Gasteiger charge is 2.21. The highest BCUT2D eigenvalue weighted by Crippen LogP contribution is 2.25. The zero-order valence-corrected chi connectivity index (χ0v) is 14.3. The summed E-state index contributed by atoms with van der Waals surface area (Å²) >= 11 is 0. The number of hydrogen-bond acceptors (Lipinski definition) is 4. The highest BCUT2D eigenvalue weighted by atomic mass is 32.2. The number of ether oxygens (including phenoxy) is 1. The second kappa shape index (κ2) is 6.42. The second-order valence-corrected chi connectivity index (χ2v) is 6.99. The van der Waals surface area contributed by atoms with E-state index in [1.54, 1.807) is 19.1 Å². The molecule has 2 aromatic rings. The molecule has 0 radical (unpaired) electrons. The van der Waals surface area contributed by atoms with Crippen molar-refractivity contribution in [3.63, 3.8) is 0 Å². The normalized spacial score (nSPS) is 11.1. The van der Waals surface area contributed by atoms with Crippen LogP contribution < -0.4 is 4.72 Å². The zero-order valence-electron chi connectivity index (χ0n) is 13.5. The van der Waals surface area contributed by atoms with Crippen molar-refractivity contribution in [2.75, 3.05) is 11.8 Å². The van der Waals surface area contributed by atoms with Gasteiger partial charge in [-0.15, -0.1) is 0 Å². The predicted molar refractivity (Wildman–Crippen MR) is 89.2 cm³/mol. The van der Waals surface area contributed by atoms with Crippen molar-refractivity contribution in [1.29, 1.82) is 0 Å². The zero-order chi connectivity index (χ0) is 17.2. The number of sulfonamides is 1. The van der Waals surface area contributed by atoms with E-state index in [0.717, 1.165) is 11.1 Å². The molecule has 0 heterocycles. The lowest BCUT2D eigenvalue weighted by molar-refractivity contribution is 0.0600. The molecule has 0 aliphatic heterocycles. The third-order valence-electron chi connectivity index (χ3n) is 3.62. The van der Waals surface area contributed by atoms with Crippen molar-refractivity contribution in [2.24, 2.45) is 0 Å². The van der Waals surface area contributed by atoms with Gasteiger partial charge in [0, 0.05) is 0 Å². The number of aryl methyl sites for hydroxylation is 3. The predicted octanol–water partition coefficient (Wildman–Crippen LogP) is 3.20. The standard InChI is InChI=1S/C17H19NO4S/c1-11-8-9-14(17(19)22-4)10-15(11)23(20,21)18-16-12(2)6-5-7-13(16)3/h5-10,18H,1-4H3. The largest absolute Gasteiger partial charge is 0.465 e. The summed E-state index contributed by atoms with van der Waals surface area (Å²) in [7, 11) is -2.56. The first-order valence-electron chi connectivity index (χ1n) is 7.04. The molecule has 0 fully saturated rings. The third kappa shape index (κ3) is 3.53. The smallest absolute Gasteiger partial charge is 0.337 e. The number of nitrogens with one attached hydrogen (secondary N) is 1. The summed E-state index contributed by atoms with van der Waals surface area (Å²) in [6.07, 6.45) is 0. The van der Waals surface area contributed by atoms with Gasteiger partial charge in [0.15, 0.2) is 0 Å². The van der Waals surface area contributed by atoms with Gasteiger partial charge in [-0.3, -0.25) is 4.72 Å². The van der Waals surface area contributed by atoms with Gasteiger partial charge in [0.05, 0.1) is 23.3 Å². The number of methoxy groups -OCH3 is 1. The van der Waals surface area contributed by atoms with Crippen LogP contribution in [0, 0.1) is 20.8 Å². The van der Waals surface area contributed by atoms with Gasteiger partial charge in [-0.2, -0.15) is 0 Å². The fraction of sp³-hybridized carbons (Fsp3) is 0.235. The second-order valence-electron chi connectivity index (χ2n) is 5.34.